The maximum Gasteiger partial charge on any atom is 0.265 e. The summed E-state index contributed by atoms with van der Waals surface area (Å²) in [6, 6.07) is 73.9. The quantitative estimate of drug-likeness (QED) is 0.174. The lowest BCUT2D eigenvalue weighted by atomic mass is 10.0. The predicted molar refractivity (Wildman–Crippen MR) is 256 cm³/mol. The first-order valence-corrected chi connectivity index (χ1v) is 21.0. The molecule has 0 unspecified atom stereocenters. The number of fused-ring (bicyclic) bond motifs is 11. The third-order valence-electron chi connectivity index (χ3n) is 12.7. The van der Waals surface area contributed by atoms with Gasteiger partial charge in [-0.25, -0.2) is 0 Å². The first-order chi connectivity index (χ1) is 30.7. The van der Waals surface area contributed by atoms with Gasteiger partial charge in [-0.1, -0.05) is 133 Å². The Balaban J connectivity index is 1.05. The fraction of sp³-hybridized carbons (Fsp3) is 0. The zero-order chi connectivity index (χ0) is 40.9. The van der Waals surface area contributed by atoms with Gasteiger partial charge in [-0.05, 0) is 95.6 Å². The molecule has 0 fully saturated rings. The third-order valence-corrected chi connectivity index (χ3v) is 12.7. The molecule has 13 rings (SSSR count). The summed E-state index contributed by atoms with van der Waals surface area (Å²) in [6.45, 7) is 0. The Morgan fingerprint density at radius 1 is 0.339 bits per heavy atom. The van der Waals surface area contributed by atoms with Gasteiger partial charge in [0.1, 0.15) is 11.2 Å². The van der Waals surface area contributed by atoms with E-state index in [0.717, 1.165) is 99.6 Å². The van der Waals surface area contributed by atoms with Crippen LogP contribution in [0.4, 0.5) is 0 Å². The van der Waals surface area contributed by atoms with E-state index in [9.17, 15) is 0 Å². The van der Waals surface area contributed by atoms with E-state index < -0.39 is 0 Å². The summed E-state index contributed by atoms with van der Waals surface area (Å²) < 4.78 is 12.9. The van der Waals surface area contributed by atoms with Crippen molar-refractivity contribution >= 4 is 76.5 Å². The van der Waals surface area contributed by atoms with Crippen LogP contribution in [0.2, 0.25) is 0 Å². The van der Waals surface area contributed by atoms with Crippen molar-refractivity contribution in [1.29, 1.82) is 0 Å². The third kappa shape index (κ3) is 4.99. The highest BCUT2D eigenvalue weighted by Crippen LogP contribution is 2.41. The molecule has 62 heavy (non-hydrogen) atoms. The van der Waals surface area contributed by atoms with Crippen molar-refractivity contribution in [3.63, 3.8) is 0 Å². The molecule has 0 spiro atoms. The molecule has 4 aromatic heterocycles. The minimum atomic E-state index is -0.0552. The van der Waals surface area contributed by atoms with E-state index >= 15 is 4.79 Å². The second kappa shape index (κ2) is 13.3. The molecule has 0 amide bonds. The van der Waals surface area contributed by atoms with Gasteiger partial charge in [-0.15, -0.1) is 0 Å². The van der Waals surface area contributed by atoms with Gasteiger partial charge in [0.2, 0.25) is 0 Å². The average molecular weight is 794 g/mol. The van der Waals surface area contributed by atoms with E-state index in [-0.39, 0.29) is 5.56 Å². The molecule has 0 bridgehead atoms. The fourth-order valence-corrected chi connectivity index (χ4v) is 9.91. The van der Waals surface area contributed by atoms with Crippen LogP contribution in [0.1, 0.15) is 0 Å². The molecule has 0 aliphatic rings. The van der Waals surface area contributed by atoms with Crippen LogP contribution in [0.3, 0.4) is 0 Å². The molecule has 0 saturated heterocycles. The Labute approximate surface area is 355 Å². The number of aromatic nitrogens is 3. The summed E-state index contributed by atoms with van der Waals surface area (Å²) in [5, 5.41) is 7.17. The van der Waals surface area contributed by atoms with Crippen LogP contribution in [-0.2, 0) is 0 Å². The molecule has 5 nitrogen and oxygen atoms in total. The Morgan fingerprint density at radius 2 is 0.855 bits per heavy atom. The van der Waals surface area contributed by atoms with Crippen molar-refractivity contribution in [3.05, 3.63) is 223 Å². The van der Waals surface area contributed by atoms with Crippen LogP contribution in [0.5, 0.6) is 0 Å². The highest BCUT2D eigenvalue weighted by molar-refractivity contribution is 6.19. The zero-order valence-electron chi connectivity index (χ0n) is 33.4. The predicted octanol–water partition coefficient (Wildman–Crippen LogP) is 14.4. The summed E-state index contributed by atoms with van der Waals surface area (Å²) in [5.74, 6) is 0. The van der Waals surface area contributed by atoms with E-state index in [4.69, 9.17) is 4.42 Å². The van der Waals surface area contributed by atoms with E-state index in [1.165, 1.54) is 10.8 Å². The van der Waals surface area contributed by atoms with Crippen molar-refractivity contribution in [2.24, 2.45) is 0 Å². The van der Waals surface area contributed by atoms with Gasteiger partial charge in [-0.2, -0.15) is 0 Å². The molecule has 9 aromatic carbocycles. The van der Waals surface area contributed by atoms with Gasteiger partial charge < -0.3 is 13.6 Å². The highest BCUT2D eigenvalue weighted by Gasteiger charge is 2.23. The van der Waals surface area contributed by atoms with Crippen LogP contribution in [0.25, 0.3) is 116 Å². The molecule has 13 aromatic rings. The molecule has 290 valence electrons. The summed E-state index contributed by atoms with van der Waals surface area (Å²) in [7, 11) is 0. The standard InChI is InChI=1S/C57H35N3O2/c61-57-54-48-35-38(37-28-32-51-47(34-37)43-18-7-10-23-49(43)58(51)39-14-3-1-4-15-39)29-33-52(48)59(55(54)46-20-8-11-24-50(46)60(57)40-16-5-2-6-17-40)41-30-26-36(27-31-41)42-21-13-22-45-44-19-9-12-25-53(44)62-56(42)45/h1-35H. The van der Waals surface area contributed by atoms with Gasteiger partial charge in [0.05, 0.1) is 33.0 Å². The largest absolute Gasteiger partial charge is 0.455 e. The van der Waals surface area contributed by atoms with Crippen LogP contribution in [0, 0.1) is 0 Å². The van der Waals surface area contributed by atoms with E-state index in [1.54, 1.807) is 0 Å². The number of benzene rings is 9. The lowest BCUT2D eigenvalue weighted by Crippen LogP contribution is -2.19. The summed E-state index contributed by atoms with van der Waals surface area (Å²) in [5.41, 5.74) is 13.9. The first kappa shape index (κ1) is 34.5. The van der Waals surface area contributed by atoms with Crippen molar-refractivity contribution in [3.8, 4) is 39.3 Å². The average Bonchev–Trinajstić information content (AvgIpc) is 4.00. The normalized spacial score (nSPS) is 11.9. The molecular formula is C57H35N3O2. The van der Waals surface area contributed by atoms with Crippen molar-refractivity contribution in [2.75, 3.05) is 0 Å². The molecule has 4 heterocycles. The Hall–Kier alpha value is -8.41. The number of furan rings is 1. The maximum atomic E-state index is 15.3. The number of para-hydroxylation sites is 6. The topological polar surface area (TPSA) is 45.0 Å². The van der Waals surface area contributed by atoms with Crippen molar-refractivity contribution in [2.45, 2.75) is 0 Å². The van der Waals surface area contributed by atoms with Gasteiger partial charge in [0.25, 0.3) is 5.56 Å². The minimum Gasteiger partial charge on any atom is -0.455 e. The van der Waals surface area contributed by atoms with Gasteiger partial charge in [-0.3, -0.25) is 9.36 Å². The number of hydrogen-bond donors (Lipinski definition) is 0. The fourth-order valence-electron chi connectivity index (χ4n) is 9.91. The van der Waals surface area contributed by atoms with E-state index in [0.29, 0.717) is 5.39 Å². The molecule has 0 aliphatic carbocycles. The zero-order valence-corrected chi connectivity index (χ0v) is 33.4. The molecule has 0 N–H and O–H groups in total. The monoisotopic (exact) mass is 793 g/mol. The number of pyridine rings is 1. The van der Waals surface area contributed by atoms with Gasteiger partial charge >= 0.3 is 0 Å². The molecule has 0 atom stereocenters. The first-order valence-electron chi connectivity index (χ1n) is 21.0. The maximum absolute atomic E-state index is 15.3. The van der Waals surface area contributed by atoms with E-state index in [1.807, 2.05) is 53.1 Å². The summed E-state index contributed by atoms with van der Waals surface area (Å²) in [6.07, 6.45) is 0. The Kier molecular flexibility index (Phi) is 7.39. The molecule has 0 saturated carbocycles. The van der Waals surface area contributed by atoms with E-state index in [2.05, 4.69) is 173 Å². The minimum absolute atomic E-state index is 0.0552. The lowest BCUT2D eigenvalue weighted by molar-refractivity contribution is 0.670. The number of rotatable bonds is 5. The van der Waals surface area contributed by atoms with Crippen LogP contribution in [-0.4, -0.2) is 13.7 Å². The molecule has 0 aliphatic heterocycles. The molecular weight excluding hydrogens is 759 g/mol. The van der Waals surface area contributed by atoms with Gasteiger partial charge in [0.15, 0.2) is 0 Å². The summed E-state index contributed by atoms with van der Waals surface area (Å²) in [4.78, 5) is 15.3. The second-order valence-electron chi connectivity index (χ2n) is 16.0. The lowest BCUT2D eigenvalue weighted by Gasteiger charge is -2.14. The van der Waals surface area contributed by atoms with Crippen molar-refractivity contribution in [1.82, 2.24) is 13.7 Å². The van der Waals surface area contributed by atoms with Crippen LogP contribution in [0.15, 0.2) is 222 Å². The van der Waals surface area contributed by atoms with Crippen LogP contribution >= 0.6 is 0 Å². The number of nitrogens with zero attached hydrogens (tertiary/aromatic N) is 3. The van der Waals surface area contributed by atoms with Gasteiger partial charge in [0, 0.05) is 54.9 Å². The second-order valence-corrected chi connectivity index (χ2v) is 16.0. The highest BCUT2D eigenvalue weighted by atomic mass is 16.3. The smallest absolute Gasteiger partial charge is 0.265 e. The number of hydrogen-bond acceptors (Lipinski definition) is 2. The molecule has 0 radical (unpaired) electrons. The summed E-state index contributed by atoms with van der Waals surface area (Å²) >= 11 is 0. The van der Waals surface area contributed by atoms with Crippen molar-refractivity contribution < 1.29 is 4.42 Å². The molecule has 5 heteroatoms. The Bertz CT molecular complexity index is 3980. The Morgan fingerprint density at radius 3 is 1.58 bits per heavy atom. The van der Waals surface area contributed by atoms with Crippen LogP contribution < -0.4 is 5.56 Å². The SMILES string of the molecule is O=c1c2c3cc(-c4ccc5c(c4)c4ccccc4n5-c4ccccc4)ccc3n(-c3ccc(-c4cccc5c4oc4ccccc45)cc3)c2c2ccccc2n1-c1ccccc1.